The molecular weight excluding hydrogens is 463 g/mol. The zero-order valence-electron chi connectivity index (χ0n) is 18.8. The third-order valence-corrected chi connectivity index (χ3v) is 5.38. The summed E-state index contributed by atoms with van der Waals surface area (Å²) in [7, 11) is 3.79. The minimum absolute atomic E-state index is 0.171. The molecule has 0 amide bonds. The number of pyridine rings is 1. The number of aliphatic hydroxyl groups is 1. The molecule has 0 radical (unpaired) electrons. The largest absolute Gasteiger partial charge is 0.414 e. The molecular formula is C24H22F3N5OS. The highest BCUT2D eigenvalue weighted by Crippen LogP contribution is 2.33. The lowest BCUT2D eigenvalue weighted by Crippen LogP contribution is -2.28. The normalized spacial score (nSPS) is 13.1. The Morgan fingerprint density at radius 3 is 2.71 bits per heavy atom. The first kappa shape index (κ1) is 25.1. The van der Waals surface area contributed by atoms with Gasteiger partial charge in [-0.1, -0.05) is 36.1 Å². The van der Waals surface area contributed by atoms with E-state index >= 15 is 0 Å². The molecule has 0 saturated carbocycles. The first-order valence-electron chi connectivity index (χ1n) is 10.1. The highest BCUT2D eigenvalue weighted by molar-refractivity contribution is 7.14. The number of allylic oxidation sites excluding steroid dienone is 2. The van der Waals surface area contributed by atoms with Gasteiger partial charge in [0.05, 0.1) is 11.3 Å². The van der Waals surface area contributed by atoms with Crippen LogP contribution in [0.25, 0.3) is 27.4 Å². The monoisotopic (exact) mass is 485 g/mol. The predicted octanol–water partition coefficient (Wildman–Crippen LogP) is 5.28. The van der Waals surface area contributed by atoms with Crippen molar-refractivity contribution in [3.8, 4) is 21.8 Å². The number of halogens is 3. The van der Waals surface area contributed by atoms with Crippen LogP contribution in [0.1, 0.15) is 17.0 Å². The van der Waals surface area contributed by atoms with Crippen molar-refractivity contribution in [1.29, 1.82) is 0 Å². The van der Waals surface area contributed by atoms with Crippen LogP contribution < -0.4 is 0 Å². The number of hydrogen-bond donors (Lipinski definition) is 1. The van der Waals surface area contributed by atoms with Crippen molar-refractivity contribution in [3.63, 3.8) is 0 Å². The fraction of sp³-hybridized carbons (Fsp3) is 0.250. The molecule has 0 aliphatic carbocycles. The van der Waals surface area contributed by atoms with Gasteiger partial charge in [-0.15, -0.1) is 10.2 Å². The Labute approximate surface area is 199 Å². The standard InChI is InChI=1S/C24H22F3N5OS/c1-5-16(14-32(3)4)17-7-6-8-18(13-17)20-10-9-19(23-31-30-15(2)34-23)22(29-20)28-12-11-21(33)24(25,26)27/h5,8-10,12-14,21,33H,1,11H2,2-4H3/b16-14+,28-12?. The molecule has 2 heterocycles. The Hall–Kier alpha value is -3.55. The van der Waals surface area contributed by atoms with Gasteiger partial charge < -0.3 is 10.0 Å². The van der Waals surface area contributed by atoms with E-state index in [4.69, 9.17) is 0 Å². The van der Waals surface area contributed by atoms with Crippen LogP contribution in [0.3, 0.4) is 0 Å². The van der Waals surface area contributed by atoms with Gasteiger partial charge in [0.1, 0.15) is 5.01 Å². The minimum atomic E-state index is -4.73. The second-order valence-corrected chi connectivity index (χ2v) is 8.66. The minimum Gasteiger partial charge on any atom is -0.383 e. The summed E-state index contributed by atoms with van der Waals surface area (Å²) in [5, 5.41) is 18.6. The molecule has 1 unspecified atom stereocenters. The fourth-order valence-electron chi connectivity index (χ4n) is 2.89. The molecule has 3 rings (SSSR count). The number of nitrogens with zero attached hydrogens (tertiary/aromatic N) is 5. The summed E-state index contributed by atoms with van der Waals surface area (Å²) in [5.41, 5.74) is 3.37. The van der Waals surface area contributed by atoms with Crippen LogP contribution in [0.5, 0.6) is 0 Å². The lowest BCUT2D eigenvalue weighted by atomic mass is 10.0. The van der Waals surface area contributed by atoms with Gasteiger partial charge >= 0.3 is 6.18 Å². The molecule has 0 spiro atoms. The van der Waals surface area contributed by atoms with Gasteiger partial charge in [-0.05, 0) is 31.2 Å². The Balaban J connectivity index is 2.03. The number of aliphatic hydroxyl groups excluding tert-OH is 1. The zero-order valence-corrected chi connectivity index (χ0v) is 19.6. The second-order valence-electron chi connectivity index (χ2n) is 7.48. The topological polar surface area (TPSA) is 74.5 Å². The van der Waals surface area contributed by atoms with Gasteiger partial charge in [-0.3, -0.25) is 0 Å². The number of aliphatic imine (C=N–C) groups is 1. The summed E-state index contributed by atoms with van der Waals surface area (Å²) in [6, 6.07) is 13.1. The van der Waals surface area contributed by atoms with Crippen molar-refractivity contribution in [3.05, 3.63) is 65.8 Å². The van der Waals surface area contributed by atoms with Crippen LogP contribution in [0.15, 0.2) is 48.1 Å². The number of aryl methyl sites for hydroxylation is 1. The van der Waals surface area contributed by atoms with Crippen LogP contribution >= 0.6 is 11.3 Å². The van der Waals surface area contributed by atoms with E-state index in [-0.39, 0.29) is 5.82 Å². The Kier molecular flexibility index (Phi) is 7.81. The number of rotatable bonds is 8. The second kappa shape index (κ2) is 10.6. The van der Waals surface area contributed by atoms with E-state index in [0.29, 0.717) is 21.8 Å². The number of hydrogen-bond acceptors (Lipinski definition) is 7. The van der Waals surface area contributed by atoms with Gasteiger partial charge in [0.2, 0.25) is 0 Å². The molecule has 0 bridgehead atoms. The van der Waals surface area contributed by atoms with Gasteiger partial charge in [0.25, 0.3) is 0 Å². The van der Waals surface area contributed by atoms with Crippen LogP contribution in [-0.2, 0) is 0 Å². The molecule has 1 N–H and O–H groups in total. The molecule has 176 valence electrons. The van der Waals surface area contributed by atoms with E-state index in [1.54, 1.807) is 31.2 Å². The van der Waals surface area contributed by atoms with Crippen LogP contribution in [0, 0.1) is 19.1 Å². The highest BCUT2D eigenvalue weighted by Gasteiger charge is 2.37. The van der Waals surface area contributed by atoms with E-state index in [1.807, 2.05) is 31.3 Å². The SMILES string of the molecule is C=C/C(=C\N(C)C)c1c#ccc(-c2ccc(-c3nnc(C)s3)c(N=CCC(O)C(F)(F)F)n2)c1. The van der Waals surface area contributed by atoms with Crippen LogP contribution in [-0.4, -0.2) is 57.8 Å². The molecule has 6 nitrogen and oxygen atoms in total. The predicted molar refractivity (Wildman–Crippen MR) is 128 cm³/mol. The van der Waals surface area contributed by atoms with Gasteiger partial charge in [-0.2, -0.15) is 13.2 Å². The van der Waals surface area contributed by atoms with Gasteiger partial charge in [-0.25, -0.2) is 9.98 Å². The Morgan fingerprint density at radius 2 is 2.09 bits per heavy atom. The van der Waals surface area contributed by atoms with Crippen molar-refractivity contribution < 1.29 is 18.3 Å². The summed E-state index contributed by atoms with van der Waals surface area (Å²) >= 11 is 1.32. The molecule has 10 heteroatoms. The Bertz CT molecular complexity index is 1220. The third kappa shape index (κ3) is 6.27. The summed E-state index contributed by atoms with van der Waals surface area (Å²) in [6.07, 6.45) is -3.31. The van der Waals surface area contributed by atoms with Crippen molar-refractivity contribution in [2.24, 2.45) is 4.99 Å². The third-order valence-electron chi connectivity index (χ3n) is 4.51. The highest BCUT2D eigenvalue weighted by atomic mass is 32.1. The molecule has 34 heavy (non-hydrogen) atoms. The summed E-state index contributed by atoms with van der Waals surface area (Å²) < 4.78 is 38.0. The van der Waals surface area contributed by atoms with E-state index in [0.717, 1.165) is 22.4 Å². The van der Waals surface area contributed by atoms with Crippen molar-refractivity contribution in [1.82, 2.24) is 20.1 Å². The molecule has 1 atom stereocenters. The lowest BCUT2D eigenvalue weighted by Gasteiger charge is -2.11. The van der Waals surface area contributed by atoms with Crippen molar-refractivity contribution in [2.45, 2.75) is 25.6 Å². The molecule has 0 fully saturated rings. The smallest absolute Gasteiger partial charge is 0.383 e. The average Bonchev–Trinajstić information content (AvgIpc) is 3.22. The zero-order chi connectivity index (χ0) is 24.9. The number of aromatic nitrogens is 3. The summed E-state index contributed by atoms with van der Waals surface area (Å²) in [6.45, 7) is 5.64. The van der Waals surface area contributed by atoms with E-state index < -0.39 is 18.7 Å². The van der Waals surface area contributed by atoms with Gasteiger partial charge in [0, 0.05) is 49.6 Å². The average molecular weight is 486 g/mol. The van der Waals surface area contributed by atoms with Crippen LogP contribution in [0.4, 0.5) is 19.0 Å². The van der Waals surface area contributed by atoms with E-state index in [2.05, 4.69) is 38.9 Å². The summed E-state index contributed by atoms with van der Waals surface area (Å²) in [4.78, 5) is 10.6. The molecule has 3 aromatic rings. The van der Waals surface area contributed by atoms with Crippen LogP contribution in [0.2, 0.25) is 0 Å². The van der Waals surface area contributed by atoms with Crippen molar-refractivity contribution in [2.75, 3.05) is 14.1 Å². The maximum atomic E-state index is 12.7. The fourth-order valence-corrected chi connectivity index (χ4v) is 3.60. The molecule has 2 aromatic heterocycles. The maximum Gasteiger partial charge on any atom is 0.414 e. The lowest BCUT2D eigenvalue weighted by molar-refractivity contribution is -0.200. The maximum absolute atomic E-state index is 12.7. The molecule has 0 saturated heterocycles. The first-order chi connectivity index (χ1) is 16.1. The molecule has 0 aliphatic heterocycles. The quantitative estimate of drug-likeness (QED) is 0.347. The first-order valence-corrected chi connectivity index (χ1v) is 10.9. The number of alkyl halides is 3. The van der Waals surface area contributed by atoms with E-state index in [1.165, 1.54) is 11.3 Å². The molecule has 1 aromatic carbocycles. The summed E-state index contributed by atoms with van der Waals surface area (Å²) in [5.74, 6) is 0.171. The van der Waals surface area contributed by atoms with Gasteiger partial charge in [0.15, 0.2) is 16.9 Å². The van der Waals surface area contributed by atoms with Crippen molar-refractivity contribution >= 4 is 28.9 Å². The molecule has 0 aliphatic rings. The Morgan fingerprint density at radius 1 is 1.32 bits per heavy atom. The van der Waals surface area contributed by atoms with E-state index in [9.17, 15) is 18.3 Å².